The number of carbonyl (C=O) groups is 3. The summed E-state index contributed by atoms with van der Waals surface area (Å²) in [4.78, 5) is 40.3. The van der Waals surface area contributed by atoms with Crippen LogP contribution in [0.1, 0.15) is 27.5 Å². The predicted molar refractivity (Wildman–Crippen MR) is 135 cm³/mol. The van der Waals surface area contributed by atoms with E-state index in [9.17, 15) is 19.5 Å². The Morgan fingerprint density at radius 1 is 0.838 bits per heavy atom. The van der Waals surface area contributed by atoms with E-state index in [1.807, 2.05) is 0 Å². The van der Waals surface area contributed by atoms with E-state index in [2.05, 4.69) is 0 Å². The molecule has 4 rings (SSSR count). The van der Waals surface area contributed by atoms with Crippen LogP contribution in [-0.4, -0.2) is 51.2 Å². The number of hydrogen-bond donors (Lipinski definition) is 1. The van der Waals surface area contributed by atoms with Gasteiger partial charge in [-0.25, -0.2) is 4.79 Å². The van der Waals surface area contributed by atoms with Gasteiger partial charge >= 0.3 is 5.97 Å². The number of esters is 1. The molecular weight excluding hydrogens is 478 g/mol. The lowest BCUT2D eigenvalue weighted by Crippen LogP contribution is -2.29. The summed E-state index contributed by atoms with van der Waals surface area (Å²) in [5, 5.41) is 11.4. The Morgan fingerprint density at radius 3 is 2.22 bits per heavy atom. The Balaban J connectivity index is 1.97. The minimum absolute atomic E-state index is 0.148. The number of Topliss-reactive ketones (excluding diaryl/α,β-unsaturated/α-hetero) is 1. The van der Waals surface area contributed by atoms with Gasteiger partial charge < -0.3 is 24.1 Å². The SMILES string of the molecule is COC(=O)c1cccc(N2C(=O)C(=O)/C(=C(\O)c3ccc(OC)cc3OC)C2c2cccc(OC)c2)c1. The molecule has 1 fully saturated rings. The summed E-state index contributed by atoms with van der Waals surface area (Å²) >= 11 is 0. The summed E-state index contributed by atoms with van der Waals surface area (Å²) in [6, 6.07) is 16.7. The lowest BCUT2D eigenvalue weighted by Gasteiger charge is -2.26. The van der Waals surface area contributed by atoms with Crippen LogP contribution in [0.25, 0.3) is 5.76 Å². The molecule has 1 atom stereocenters. The third-order valence-electron chi connectivity index (χ3n) is 6.06. The van der Waals surface area contributed by atoms with E-state index < -0.39 is 29.5 Å². The normalized spacial score (nSPS) is 16.4. The third kappa shape index (κ3) is 4.58. The van der Waals surface area contributed by atoms with Crippen LogP contribution in [0.15, 0.2) is 72.3 Å². The van der Waals surface area contributed by atoms with Crippen molar-refractivity contribution >= 4 is 29.1 Å². The summed E-state index contributed by atoms with van der Waals surface area (Å²) in [6.45, 7) is 0. The van der Waals surface area contributed by atoms with Crippen LogP contribution in [-0.2, 0) is 14.3 Å². The Labute approximate surface area is 213 Å². The molecule has 0 aliphatic carbocycles. The van der Waals surface area contributed by atoms with Crippen LogP contribution in [0.3, 0.4) is 0 Å². The number of amides is 1. The fourth-order valence-corrected chi connectivity index (χ4v) is 4.27. The number of hydrogen-bond acceptors (Lipinski definition) is 8. The number of methoxy groups -OCH3 is 4. The number of ether oxygens (including phenoxy) is 4. The average molecular weight is 504 g/mol. The second-order valence-electron chi connectivity index (χ2n) is 8.05. The number of nitrogens with zero attached hydrogens (tertiary/aromatic N) is 1. The molecule has 3 aromatic rings. The first-order chi connectivity index (χ1) is 17.8. The van der Waals surface area contributed by atoms with Crippen molar-refractivity contribution in [2.75, 3.05) is 33.3 Å². The highest BCUT2D eigenvalue weighted by Crippen LogP contribution is 2.44. The molecule has 0 radical (unpaired) electrons. The van der Waals surface area contributed by atoms with E-state index in [0.29, 0.717) is 17.1 Å². The quantitative estimate of drug-likeness (QED) is 0.222. The standard InChI is InChI=1S/C28H25NO8/c1-34-19-10-6-7-16(14-19)24-23(25(30)21-12-11-20(35-2)15-22(21)36-3)26(31)27(32)29(24)18-9-5-8-17(13-18)28(33)37-4/h5-15,24,30H,1-4H3/b25-23-. The molecule has 1 heterocycles. The van der Waals surface area contributed by atoms with Crippen LogP contribution in [0.2, 0.25) is 0 Å². The molecule has 1 saturated heterocycles. The molecule has 37 heavy (non-hydrogen) atoms. The van der Waals surface area contributed by atoms with Crippen molar-refractivity contribution in [2.24, 2.45) is 0 Å². The average Bonchev–Trinajstić information content (AvgIpc) is 3.21. The fourth-order valence-electron chi connectivity index (χ4n) is 4.27. The van der Waals surface area contributed by atoms with Gasteiger partial charge in [-0.2, -0.15) is 0 Å². The zero-order valence-electron chi connectivity index (χ0n) is 20.7. The molecule has 190 valence electrons. The number of aliphatic hydroxyl groups is 1. The van der Waals surface area contributed by atoms with Gasteiger partial charge in [0.25, 0.3) is 11.7 Å². The van der Waals surface area contributed by atoms with E-state index in [4.69, 9.17) is 18.9 Å². The van der Waals surface area contributed by atoms with Gasteiger partial charge in [0, 0.05) is 11.8 Å². The molecule has 9 nitrogen and oxygen atoms in total. The van der Waals surface area contributed by atoms with Gasteiger partial charge in [0.05, 0.1) is 51.2 Å². The molecule has 1 aliphatic rings. The lowest BCUT2D eigenvalue weighted by molar-refractivity contribution is -0.132. The summed E-state index contributed by atoms with van der Waals surface area (Å²) < 4.78 is 20.8. The van der Waals surface area contributed by atoms with E-state index in [0.717, 1.165) is 0 Å². The zero-order chi connectivity index (χ0) is 26.7. The van der Waals surface area contributed by atoms with Crippen LogP contribution in [0, 0.1) is 0 Å². The summed E-state index contributed by atoms with van der Waals surface area (Å²) in [7, 11) is 5.66. The van der Waals surface area contributed by atoms with Gasteiger partial charge in [-0.3, -0.25) is 14.5 Å². The van der Waals surface area contributed by atoms with Gasteiger partial charge in [-0.1, -0.05) is 18.2 Å². The van der Waals surface area contributed by atoms with Crippen molar-refractivity contribution in [3.05, 3.63) is 89.0 Å². The van der Waals surface area contributed by atoms with Crippen LogP contribution in [0.5, 0.6) is 17.2 Å². The molecular formula is C28H25NO8. The van der Waals surface area contributed by atoms with E-state index in [1.54, 1.807) is 54.6 Å². The Kier molecular flexibility index (Phi) is 7.15. The molecule has 1 N–H and O–H groups in total. The first-order valence-corrected chi connectivity index (χ1v) is 11.2. The Bertz CT molecular complexity index is 1410. The molecule has 0 saturated carbocycles. The maximum absolute atomic E-state index is 13.4. The third-order valence-corrected chi connectivity index (χ3v) is 6.06. The topological polar surface area (TPSA) is 112 Å². The summed E-state index contributed by atoms with van der Waals surface area (Å²) in [5.74, 6) is -1.56. The first-order valence-electron chi connectivity index (χ1n) is 11.2. The van der Waals surface area contributed by atoms with E-state index in [1.165, 1.54) is 45.5 Å². The molecule has 3 aromatic carbocycles. The van der Waals surface area contributed by atoms with Crippen molar-refractivity contribution in [1.82, 2.24) is 0 Å². The van der Waals surface area contributed by atoms with Crippen LogP contribution >= 0.6 is 0 Å². The minimum atomic E-state index is -1.03. The van der Waals surface area contributed by atoms with Crippen molar-refractivity contribution in [3.63, 3.8) is 0 Å². The largest absolute Gasteiger partial charge is 0.507 e. The number of aliphatic hydroxyl groups excluding tert-OH is 1. The Hall–Kier alpha value is -4.79. The zero-order valence-corrected chi connectivity index (χ0v) is 20.7. The van der Waals surface area contributed by atoms with Crippen LogP contribution in [0.4, 0.5) is 5.69 Å². The van der Waals surface area contributed by atoms with Gasteiger partial charge in [0.2, 0.25) is 0 Å². The maximum atomic E-state index is 13.4. The second kappa shape index (κ2) is 10.4. The molecule has 1 unspecified atom stereocenters. The van der Waals surface area contributed by atoms with Crippen molar-refractivity contribution in [3.8, 4) is 17.2 Å². The number of rotatable bonds is 7. The number of carbonyl (C=O) groups excluding carboxylic acids is 3. The maximum Gasteiger partial charge on any atom is 0.337 e. The second-order valence-corrected chi connectivity index (χ2v) is 8.05. The Morgan fingerprint density at radius 2 is 1.54 bits per heavy atom. The molecule has 1 amide bonds. The number of anilines is 1. The lowest BCUT2D eigenvalue weighted by atomic mass is 9.94. The van der Waals surface area contributed by atoms with E-state index >= 15 is 0 Å². The van der Waals surface area contributed by atoms with Gasteiger partial charge in [-0.05, 0) is 48.0 Å². The van der Waals surface area contributed by atoms with E-state index in [-0.39, 0.29) is 28.1 Å². The molecule has 9 heteroatoms. The van der Waals surface area contributed by atoms with Gasteiger partial charge in [-0.15, -0.1) is 0 Å². The minimum Gasteiger partial charge on any atom is -0.507 e. The summed E-state index contributed by atoms with van der Waals surface area (Å²) in [5.41, 5.74) is 1.04. The number of ketones is 1. The van der Waals surface area contributed by atoms with Gasteiger partial charge in [0.1, 0.15) is 23.0 Å². The first kappa shape index (κ1) is 25.3. The molecule has 0 aromatic heterocycles. The smallest absolute Gasteiger partial charge is 0.337 e. The highest BCUT2D eigenvalue weighted by Gasteiger charge is 2.47. The molecule has 0 spiro atoms. The molecule has 0 bridgehead atoms. The molecule has 1 aliphatic heterocycles. The number of benzene rings is 3. The summed E-state index contributed by atoms with van der Waals surface area (Å²) in [6.07, 6.45) is 0. The van der Waals surface area contributed by atoms with Crippen LogP contribution < -0.4 is 19.1 Å². The van der Waals surface area contributed by atoms with Crippen molar-refractivity contribution in [1.29, 1.82) is 0 Å². The van der Waals surface area contributed by atoms with Gasteiger partial charge in [0.15, 0.2) is 0 Å². The fraction of sp³-hybridized carbons (Fsp3) is 0.179. The monoisotopic (exact) mass is 503 g/mol. The van der Waals surface area contributed by atoms with Crippen molar-refractivity contribution < 1.29 is 38.4 Å². The predicted octanol–water partition coefficient (Wildman–Crippen LogP) is 4.13. The highest BCUT2D eigenvalue weighted by molar-refractivity contribution is 6.51. The van der Waals surface area contributed by atoms with Crippen molar-refractivity contribution in [2.45, 2.75) is 6.04 Å². The highest BCUT2D eigenvalue weighted by atomic mass is 16.5.